The van der Waals surface area contributed by atoms with Crippen LogP contribution in [0.3, 0.4) is 0 Å². The highest BCUT2D eigenvalue weighted by atomic mass is 35.5. The van der Waals surface area contributed by atoms with E-state index in [2.05, 4.69) is 5.43 Å². The van der Waals surface area contributed by atoms with Crippen LogP contribution in [0.4, 0.5) is 0 Å². The molecule has 1 atom stereocenters. The van der Waals surface area contributed by atoms with Gasteiger partial charge in [-0.1, -0.05) is 24.4 Å². The van der Waals surface area contributed by atoms with Crippen LogP contribution in [0.25, 0.3) is 0 Å². The molecule has 3 N–H and O–H groups in total. The summed E-state index contributed by atoms with van der Waals surface area (Å²) in [5, 5.41) is 2.85. The second-order valence-electron chi connectivity index (χ2n) is 3.87. The van der Waals surface area contributed by atoms with E-state index in [0.29, 0.717) is 0 Å². The highest BCUT2D eigenvalue weighted by molar-refractivity contribution is 7.10. The third kappa shape index (κ3) is 2.48. The molecule has 1 saturated carbocycles. The molecular formula is C10H15ClN2S. The number of nitrogens with two attached hydrogens (primary N) is 1. The second-order valence-corrected chi connectivity index (χ2v) is 5.23. The predicted octanol–water partition coefficient (Wildman–Crippen LogP) is 3.10. The van der Waals surface area contributed by atoms with Gasteiger partial charge in [-0.15, -0.1) is 11.3 Å². The molecule has 1 heterocycles. The molecule has 1 unspecified atom stereocenters. The van der Waals surface area contributed by atoms with Crippen LogP contribution in [0.15, 0.2) is 11.4 Å². The summed E-state index contributed by atoms with van der Waals surface area (Å²) in [5.41, 5.74) is 2.85. The van der Waals surface area contributed by atoms with Crippen LogP contribution >= 0.6 is 22.9 Å². The van der Waals surface area contributed by atoms with Crippen LogP contribution in [-0.2, 0) is 0 Å². The first kappa shape index (κ1) is 10.4. The van der Waals surface area contributed by atoms with Crippen molar-refractivity contribution in [1.82, 2.24) is 5.43 Å². The average Bonchev–Trinajstić information content (AvgIpc) is 2.92. The van der Waals surface area contributed by atoms with E-state index in [4.69, 9.17) is 17.4 Å². The van der Waals surface area contributed by atoms with E-state index in [0.717, 1.165) is 17.4 Å². The first-order valence-corrected chi connectivity index (χ1v) is 6.26. The summed E-state index contributed by atoms with van der Waals surface area (Å²) in [5.74, 6) is 6.49. The Morgan fingerprint density at radius 2 is 2.43 bits per heavy atom. The monoisotopic (exact) mass is 230 g/mol. The van der Waals surface area contributed by atoms with Crippen molar-refractivity contribution in [2.24, 2.45) is 11.8 Å². The highest BCUT2D eigenvalue weighted by Gasteiger charge is 2.23. The van der Waals surface area contributed by atoms with Gasteiger partial charge in [0.05, 0.1) is 11.1 Å². The minimum absolute atomic E-state index is 0.239. The van der Waals surface area contributed by atoms with E-state index in [-0.39, 0.29) is 6.04 Å². The molecule has 1 aromatic rings. The SMILES string of the molecule is NNC(CCC1CC1)c1sccc1Cl. The molecular weight excluding hydrogens is 216 g/mol. The van der Waals surface area contributed by atoms with Gasteiger partial charge in [-0.3, -0.25) is 11.3 Å². The maximum atomic E-state index is 6.06. The zero-order valence-electron chi connectivity index (χ0n) is 8.00. The van der Waals surface area contributed by atoms with Gasteiger partial charge in [0.15, 0.2) is 0 Å². The van der Waals surface area contributed by atoms with Crippen LogP contribution in [0, 0.1) is 5.92 Å². The Bertz CT molecular complexity index is 296. The number of rotatable bonds is 5. The normalized spacial score (nSPS) is 18.4. The van der Waals surface area contributed by atoms with E-state index in [1.807, 2.05) is 11.4 Å². The van der Waals surface area contributed by atoms with Crippen molar-refractivity contribution in [3.63, 3.8) is 0 Å². The van der Waals surface area contributed by atoms with Crippen molar-refractivity contribution in [3.05, 3.63) is 21.3 Å². The molecule has 2 rings (SSSR count). The smallest absolute Gasteiger partial charge is 0.0568 e. The van der Waals surface area contributed by atoms with Crippen molar-refractivity contribution in [2.75, 3.05) is 0 Å². The number of halogens is 1. The summed E-state index contributed by atoms with van der Waals surface area (Å²) in [6.07, 6.45) is 5.16. The Balaban J connectivity index is 1.93. The quantitative estimate of drug-likeness (QED) is 0.603. The first-order chi connectivity index (χ1) is 6.81. The van der Waals surface area contributed by atoms with E-state index < -0.39 is 0 Å². The zero-order valence-corrected chi connectivity index (χ0v) is 9.57. The molecule has 78 valence electrons. The number of nitrogens with one attached hydrogen (secondary N) is 1. The highest BCUT2D eigenvalue weighted by Crippen LogP contribution is 2.37. The molecule has 14 heavy (non-hydrogen) atoms. The van der Waals surface area contributed by atoms with Crippen LogP contribution < -0.4 is 11.3 Å². The molecule has 0 bridgehead atoms. The summed E-state index contributed by atoms with van der Waals surface area (Å²) >= 11 is 7.74. The van der Waals surface area contributed by atoms with Gasteiger partial charge >= 0.3 is 0 Å². The Kier molecular flexibility index (Phi) is 3.44. The average molecular weight is 231 g/mol. The molecule has 0 aromatic carbocycles. The topological polar surface area (TPSA) is 38.0 Å². The third-order valence-corrected chi connectivity index (χ3v) is 4.20. The number of hydrogen-bond donors (Lipinski definition) is 2. The number of hydrazine groups is 1. The van der Waals surface area contributed by atoms with E-state index in [9.17, 15) is 0 Å². The van der Waals surface area contributed by atoms with Crippen molar-refractivity contribution < 1.29 is 0 Å². The van der Waals surface area contributed by atoms with Gasteiger partial charge in [0.2, 0.25) is 0 Å². The second kappa shape index (κ2) is 4.62. The van der Waals surface area contributed by atoms with Crippen LogP contribution in [0.1, 0.15) is 36.6 Å². The summed E-state index contributed by atoms with van der Waals surface area (Å²) in [6.45, 7) is 0. The van der Waals surface area contributed by atoms with Crippen molar-refractivity contribution in [3.8, 4) is 0 Å². The van der Waals surface area contributed by atoms with Gasteiger partial charge in [-0.2, -0.15) is 0 Å². The summed E-state index contributed by atoms with van der Waals surface area (Å²) in [4.78, 5) is 1.18. The standard InChI is InChI=1S/C10H15ClN2S/c11-8-5-6-14-10(8)9(13-12)4-3-7-1-2-7/h5-7,9,13H,1-4,12H2. The fourth-order valence-corrected chi connectivity index (χ4v) is 2.94. The maximum Gasteiger partial charge on any atom is 0.0568 e. The lowest BCUT2D eigenvalue weighted by Crippen LogP contribution is -2.27. The molecule has 2 nitrogen and oxygen atoms in total. The summed E-state index contributed by atoms with van der Waals surface area (Å²) in [6, 6.07) is 2.17. The van der Waals surface area contributed by atoms with Crippen LogP contribution in [0.2, 0.25) is 5.02 Å². The Morgan fingerprint density at radius 1 is 1.64 bits per heavy atom. The fraction of sp³-hybridized carbons (Fsp3) is 0.600. The Labute approximate surface area is 93.4 Å². The van der Waals surface area contributed by atoms with Crippen molar-refractivity contribution in [2.45, 2.75) is 31.7 Å². The first-order valence-electron chi connectivity index (χ1n) is 5.00. The van der Waals surface area contributed by atoms with Gasteiger partial charge in [0.1, 0.15) is 0 Å². The molecule has 0 radical (unpaired) electrons. The van der Waals surface area contributed by atoms with Crippen LogP contribution in [-0.4, -0.2) is 0 Å². The maximum absolute atomic E-state index is 6.06. The number of hydrogen-bond acceptors (Lipinski definition) is 3. The minimum atomic E-state index is 0.239. The molecule has 1 aromatic heterocycles. The van der Waals surface area contributed by atoms with E-state index in [1.165, 1.54) is 24.1 Å². The molecule has 0 spiro atoms. The van der Waals surface area contributed by atoms with Gasteiger partial charge in [0, 0.05) is 4.88 Å². The van der Waals surface area contributed by atoms with E-state index >= 15 is 0 Å². The van der Waals surface area contributed by atoms with Gasteiger partial charge < -0.3 is 0 Å². The lowest BCUT2D eigenvalue weighted by atomic mass is 10.1. The molecule has 1 fully saturated rings. The molecule has 1 aliphatic carbocycles. The number of thiophene rings is 1. The summed E-state index contributed by atoms with van der Waals surface area (Å²) < 4.78 is 0. The molecule has 4 heteroatoms. The van der Waals surface area contributed by atoms with Crippen LogP contribution in [0.5, 0.6) is 0 Å². The van der Waals surface area contributed by atoms with E-state index in [1.54, 1.807) is 11.3 Å². The lowest BCUT2D eigenvalue weighted by Gasteiger charge is -2.14. The molecule has 1 aliphatic rings. The predicted molar refractivity (Wildman–Crippen MR) is 61.4 cm³/mol. The summed E-state index contributed by atoms with van der Waals surface area (Å²) in [7, 11) is 0. The molecule has 0 aliphatic heterocycles. The Hall–Kier alpha value is -0.0900. The molecule has 0 amide bonds. The van der Waals surface area contributed by atoms with Crippen molar-refractivity contribution in [1.29, 1.82) is 0 Å². The largest absolute Gasteiger partial charge is 0.271 e. The minimum Gasteiger partial charge on any atom is -0.271 e. The van der Waals surface area contributed by atoms with Gasteiger partial charge in [-0.05, 0) is 30.2 Å². The van der Waals surface area contributed by atoms with Gasteiger partial charge in [0.25, 0.3) is 0 Å². The van der Waals surface area contributed by atoms with Gasteiger partial charge in [-0.25, -0.2) is 0 Å². The lowest BCUT2D eigenvalue weighted by molar-refractivity contribution is 0.488. The third-order valence-electron chi connectivity index (χ3n) is 2.72. The Morgan fingerprint density at radius 3 is 2.93 bits per heavy atom. The molecule has 0 saturated heterocycles. The van der Waals surface area contributed by atoms with Crippen molar-refractivity contribution >= 4 is 22.9 Å². The fourth-order valence-electron chi connectivity index (χ4n) is 1.65. The zero-order chi connectivity index (χ0) is 9.97.